The summed E-state index contributed by atoms with van der Waals surface area (Å²) in [4.78, 5) is 37.6. The molecule has 408 valence electrons. The summed E-state index contributed by atoms with van der Waals surface area (Å²) in [5.74, 6) is -0.495. The molecule has 69 heavy (non-hydrogen) atoms. The van der Waals surface area contributed by atoms with Gasteiger partial charge in [0.05, 0.1) is 33.8 Å². The van der Waals surface area contributed by atoms with Gasteiger partial charge in [-0.05, 0) is 57.4 Å². The minimum atomic E-state index is -4.44. The average molecular weight is 997 g/mol. The van der Waals surface area contributed by atoms with Crippen LogP contribution in [0.25, 0.3) is 0 Å². The smallest absolute Gasteiger partial charge is 0.456 e. The number of phosphoric acid groups is 1. The van der Waals surface area contributed by atoms with E-state index in [1.807, 2.05) is 33.3 Å². The summed E-state index contributed by atoms with van der Waals surface area (Å²) in [5, 5.41) is 3.05. The van der Waals surface area contributed by atoms with E-state index in [0.717, 1.165) is 57.8 Å². The number of hydrogen-bond donors (Lipinski definition) is 2. The van der Waals surface area contributed by atoms with Gasteiger partial charge in [0, 0.05) is 12.8 Å². The first kappa shape index (κ1) is 67.5. The van der Waals surface area contributed by atoms with Crippen LogP contribution >= 0.6 is 7.82 Å². The lowest BCUT2D eigenvalue weighted by atomic mass is 10.0. The van der Waals surface area contributed by atoms with Crippen LogP contribution < -0.4 is 5.32 Å². The second kappa shape index (κ2) is 50.0. The Hall–Kier alpha value is -1.51. The third-order valence-corrected chi connectivity index (χ3v) is 14.4. The molecule has 1 amide bonds. The maximum Gasteiger partial charge on any atom is 0.472 e. The fourth-order valence-electron chi connectivity index (χ4n) is 8.76. The van der Waals surface area contributed by atoms with Gasteiger partial charge in [0.2, 0.25) is 5.91 Å². The number of likely N-dealkylation sites (N-methyl/N-ethyl adjacent to an activating group) is 1. The monoisotopic (exact) mass is 996 g/mol. The summed E-state index contributed by atoms with van der Waals surface area (Å²) in [6, 6.07) is -0.842. The maximum atomic E-state index is 13.5. The number of esters is 1. The van der Waals surface area contributed by atoms with Crippen LogP contribution in [-0.4, -0.2) is 74.3 Å². The SMILES string of the molecule is CCCCCCCC/C=C/CCCCCCCCCCCC(=O)NC(COP(=O)(O)OCC[N+](C)(C)C)C(/C=C/CCCCCCCCCCCCC)OC(=O)CCCCCCCCCCCCC. The highest BCUT2D eigenvalue weighted by Gasteiger charge is 2.30. The molecule has 0 rings (SSSR count). The number of unbranched alkanes of at least 4 members (excludes halogenated alkanes) is 36. The van der Waals surface area contributed by atoms with Gasteiger partial charge < -0.3 is 19.4 Å². The summed E-state index contributed by atoms with van der Waals surface area (Å²) >= 11 is 0. The van der Waals surface area contributed by atoms with E-state index in [4.69, 9.17) is 13.8 Å². The van der Waals surface area contributed by atoms with Crippen molar-refractivity contribution in [1.29, 1.82) is 0 Å². The van der Waals surface area contributed by atoms with Crippen molar-refractivity contribution in [3.63, 3.8) is 0 Å². The highest BCUT2D eigenvalue weighted by atomic mass is 31.2. The predicted molar refractivity (Wildman–Crippen MR) is 296 cm³/mol. The van der Waals surface area contributed by atoms with Crippen LogP contribution in [0.2, 0.25) is 0 Å². The van der Waals surface area contributed by atoms with Crippen molar-refractivity contribution < 1.29 is 37.3 Å². The Balaban J connectivity index is 5.25. The molecule has 3 unspecified atom stereocenters. The van der Waals surface area contributed by atoms with E-state index in [-0.39, 0.29) is 25.1 Å². The zero-order valence-electron chi connectivity index (χ0n) is 46.6. The zero-order chi connectivity index (χ0) is 50.8. The summed E-state index contributed by atoms with van der Waals surface area (Å²) in [7, 11) is 1.51. The second-order valence-corrected chi connectivity index (χ2v) is 23.0. The van der Waals surface area contributed by atoms with Crippen molar-refractivity contribution in [2.75, 3.05) is 40.9 Å². The van der Waals surface area contributed by atoms with Crippen LogP contribution in [0, 0.1) is 0 Å². The van der Waals surface area contributed by atoms with Crippen LogP contribution in [0.1, 0.15) is 290 Å². The minimum Gasteiger partial charge on any atom is -0.456 e. The van der Waals surface area contributed by atoms with Crippen LogP contribution in [-0.2, 0) is 27.9 Å². The Bertz CT molecular complexity index is 1240. The van der Waals surface area contributed by atoms with Crippen LogP contribution in [0.4, 0.5) is 0 Å². The molecular formula is C59H116N2O7P+. The molecule has 0 aliphatic rings. The van der Waals surface area contributed by atoms with Crippen LogP contribution in [0.15, 0.2) is 24.3 Å². The molecular weight excluding hydrogens is 880 g/mol. The van der Waals surface area contributed by atoms with Crippen LogP contribution in [0.5, 0.6) is 0 Å². The molecule has 3 atom stereocenters. The average Bonchev–Trinajstić information content (AvgIpc) is 3.31. The van der Waals surface area contributed by atoms with Gasteiger partial charge in [0.1, 0.15) is 19.3 Å². The first-order valence-electron chi connectivity index (χ1n) is 29.7. The Labute approximate surface area is 428 Å². The van der Waals surface area contributed by atoms with Gasteiger partial charge in [-0.15, -0.1) is 0 Å². The summed E-state index contributed by atoms with van der Waals surface area (Å²) < 4.78 is 30.6. The van der Waals surface area contributed by atoms with Crippen molar-refractivity contribution in [3.8, 4) is 0 Å². The van der Waals surface area contributed by atoms with Crippen molar-refractivity contribution >= 4 is 19.7 Å². The first-order valence-corrected chi connectivity index (χ1v) is 31.2. The lowest BCUT2D eigenvalue weighted by molar-refractivity contribution is -0.870. The maximum absolute atomic E-state index is 13.5. The summed E-state index contributed by atoms with van der Waals surface area (Å²) in [5.41, 5.74) is 0. The number of nitrogens with zero attached hydrogens (tertiary/aromatic N) is 1. The molecule has 2 N–H and O–H groups in total. The molecule has 0 aromatic rings. The first-order chi connectivity index (χ1) is 33.4. The van der Waals surface area contributed by atoms with E-state index in [1.54, 1.807) is 0 Å². The van der Waals surface area contributed by atoms with Gasteiger partial charge >= 0.3 is 13.8 Å². The highest BCUT2D eigenvalue weighted by molar-refractivity contribution is 7.47. The summed E-state index contributed by atoms with van der Waals surface area (Å²) in [6.07, 6.45) is 57.4. The third kappa shape index (κ3) is 51.2. The largest absolute Gasteiger partial charge is 0.472 e. The van der Waals surface area contributed by atoms with Gasteiger partial charge in [-0.3, -0.25) is 18.6 Å². The quantitative estimate of drug-likeness (QED) is 0.0205. The van der Waals surface area contributed by atoms with Gasteiger partial charge in [0.25, 0.3) is 0 Å². The molecule has 9 nitrogen and oxygen atoms in total. The molecule has 0 aromatic heterocycles. The number of rotatable bonds is 54. The Kier molecular flexibility index (Phi) is 48.9. The number of carbonyl (C=O) groups excluding carboxylic acids is 2. The van der Waals surface area contributed by atoms with Crippen molar-refractivity contribution in [3.05, 3.63) is 24.3 Å². The molecule has 10 heteroatoms. The topological polar surface area (TPSA) is 111 Å². The lowest BCUT2D eigenvalue weighted by Crippen LogP contribution is -2.47. The Morgan fingerprint density at radius 1 is 0.493 bits per heavy atom. The van der Waals surface area contributed by atoms with Crippen molar-refractivity contribution in [2.45, 2.75) is 303 Å². The van der Waals surface area contributed by atoms with Gasteiger partial charge in [0.15, 0.2) is 0 Å². The number of hydrogen-bond acceptors (Lipinski definition) is 6. The van der Waals surface area contributed by atoms with Gasteiger partial charge in [-0.1, -0.05) is 244 Å². The fraction of sp³-hybridized carbons (Fsp3) is 0.898. The molecule has 0 spiro atoms. The second-order valence-electron chi connectivity index (χ2n) is 21.5. The highest BCUT2D eigenvalue weighted by Crippen LogP contribution is 2.43. The Morgan fingerprint density at radius 2 is 0.841 bits per heavy atom. The fourth-order valence-corrected chi connectivity index (χ4v) is 9.50. The lowest BCUT2D eigenvalue weighted by Gasteiger charge is -2.27. The molecule has 0 radical (unpaired) electrons. The molecule has 0 bridgehead atoms. The number of quaternary nitrogens is 1. The molecule has 0 fully saturated rings. The number of allylic oxidation sites excluding steroid dienone is 3. The van der Waals surface area contributed by atoms with Crippen LogP contribution in [0.3, 0.4) is 0 Å². The number of amides is 1. The zero-order valence-corrected chi connectivity index (χ0v) is 47.5. The van der Waals surface area contributed by atoms with Crippen molar-refractivity contribution in [2.24, 2.45) is 0 Å². The standard InChI is InChI=1S/C59H115N2O7P/c1-7-10-13-16-19-22-25-27-28-29-30-31-32-34-37-39-42-45-48-51-58(62)60-56(55-67-69(64,65)66-54-53-61(4,5)6)57(50-47-44-41-38-36-33-26-23-20-17-14-11-8-2)68-59(63)52-49-46-43-40-35-24-21-18-15-12-9-3/h27-28,47,50,56-57H,7-26,29-46,48-49,51-55H2,1-6H3,(H-,60,62,64,65)/p+1/b28-27+,50-47+. The molecule has 0 saturated carbocycles. The van der Waals surface area contributed by atoms with Gasteiger partial charge in [-0.25, -0.2) is 4.57 Å². The van der Waals surface area contributed by atoms with Gasteiger partial charge in [-0.2, -0.15) is 0 Å². The third-order valence-electron chi connectivity index (χ3n) is 13.4. The molecule has 0 saturated heterocycles. The number of nitrogens with one attached hydrogen (secondary N) is 1. The Morgan fingerprint density at radius 3 is 1.23 bits per heavy atom. The molecule has 0 aliphatic carbocycles. The van der Waals surface area contributed by atoms with E-state index in [1.165, 1.54) is 199 Å². The number of carbonyl (C=O) groups is 2. The molecule has 0 aromatic carbocycles. The van der Waals surface area contributed by atoms with Crippen molar-refractivity contribution in [1.82, 2.24) is 5.32 Å². The number of ether oxygens (including phenoxy) is 1. The normalized spacial score (nSPS) is 13.9. The summed E-state index contributed by atoms with van der Waals surface area (Å²) in [6.45, 7) is 7.03. The van der Waals surface area contributed by atoms with E-state index in [2.05, 4.69) is 38.2 Å². The number of phosphoric ester groups is 1. The predicted octanol–water partition coefficient (Wildman–Crippen LogP) is 17.8. The van der Waals surface area contributed by atoms with E-state index < -0.39 is 20.0 Å². The van der Waals surface area contributed by atoms with E-state index >= 15 is 0 Å². The molecule has 0 aliphatic heterocycles. The van der Waals surface area contributed by atoms with E-state index in [0.29, 0.717) is 23.9 Å². The minimum absolute atomic E-state index is 0.0432. The molecule has 0 heterocycles. The van der Waals surface area contributed by atoms with E-state index in [9.17, 15) is 19.0 Å².